The lowest BCUT2D eigenvalue weighted by Gasteiger charge is -2.24. The SMILES string of the molecule is CCOC(=O)C1=C(C)N=c2s/c(=C/c3cn(CC)nc3C)c(=O)n2C1c1ccc(OC)cc1. The van der Waals surface area contributed by atoms with Crippen LogP contribution in [0.4, 0.5) is 0 Å². The quantitative estimate of drug-likeness (QED) is 0.521. The Kier molecular flexibility index (Phi) is 6.33. The van der Waals surface area contributed by atoms with Gasteiger partial charge in [-0.3, -0.25) is 14.0 Å². The molecule has 33 heavy (non-hydrogen) atoms. The third-order valence-corrected chi connectivity index (χ3v) is 6.53. The monoisotopic (exact) mass is 466 g/mol. The van der Waals surface area contributed by atoms with Gasteiger partial charge in [0.25, 0.3) is 5.56 Å². The highest BCUT2D eigenvalue weighted by molar-refractivity contribution is 7.07. The van der Waals surface area contributed by atoms with Gasteiger partial charge < -0.3 is 9.47 Å². The minimum Gasteiger partial charge on any atom is -0.497 e. The maximum atomic E-state index is 13.6. The van der Waals surface area contributed by atoms with Gasteiger partial charge >= 0.3 is 5.97 Å². The Balaban J connectivity index is 1.94. The first-order valence-corrected chi connectivity index (χ1v) is 11.6. The number of carbonyl (C=O) groups is 1. The molecular weight excluding hydrogens is 440 g/mol. The van der Waals surface area contributed by atoms with Gasteiger partial charge in [0.05, 0.1) is 41.3 Å². The number of benzene rings is 1. The molecule has 3 heterocycles. The highest BCUT2D eigenvalue weighted by Gasteiger charge is 2.33. The van der Waals surface area contributed by atoms with Crippen molar-refractivity contribution in [3.8, 4) is 5.75 Å². The molecule has 1 aliphatic rings. The van der Waals surface area contributed by atoms with Crippen molar-refractivity contribution < 1.29 is 14.3 Å². The van der Waals surface area contributed by atoms with Crippen LogP contribution < -0.4 is 19.6 Å². The van der Waals surface area contributed by atoms with Gasteiger partial charge in [-0.1, -0.05) is 23.5 Å². The van der Waals surface area contributed by atoms with E-state index in [2.05, 4.69) is 10.1 Å². The van der Waals surface area contributed by atoms with Crippen molar-refractivity contribution >= 4 is 23.4 Å². The molecule has 0 aliphatic carbocycles. The van der Waals surface area contributed by atoms with Crippen LogP contribution in [0, 0.1) is 6.92 Å². The molecule has 0 spiro atoms. The van der Waals surface area contributed by atoms with Gasteiger partial charge in [-0.25, -0.2) is 9.79 Å². The van der Waals surface area contributed by atoms with Crippen LogP contribution in [0.2, 0.25) is 0 Å². The minimum atomic E-state index is -0.646. The summed E-state index contributed by atoms with van der Waals surface area (Å²) in [4.78, 5) is 31.7. The summed E-state index contributed by atoms with van der Waals surface area (Å²) < 4.78 is 14.5. The highest BCUT2D eigenvalue weighted by atomic mass is 32.1. The van der Waals surface area contributed by atoms with Crippen LogP contribution in [0.25, 0.3) is 6.08 Å². The number of carbonyl (C=O) groups excluding carboxylic acids is 1. The zero-order valence-electron chi connectivity index (χ0n) is 19.3. The number of methoxy groups -OCH3 is 1. The van der Waals surface area contributed by atoms with Gasteiger partial charge in [0.1, 0.15) is 5.75 Å². The van der Waals surface area contributed by atoms with Crippen LogP contribution in [0.5, 0.6) is 5.75 Å². The van der Waals surface area contributed by atoms with E-state index >= 15 is 0 Å². The van der Waals surface area contributed by atoms with Crippen molar-refractivity contribution in [2.45, 2.75) is 40.3 Å². The first kappa shape index (κ1) is 22.7. The number of hydrogen-bond donors (Lipinski definition) is 0. The van der Waals surface area contributed by atoms with Crippen LogP contribution in [0.3, 0.4) is 0 Å². The van der Waals surface area contributed by atoms with Crippen LogP contribution in [0.15, 0.2) is 51.5 Å². The molecule has 0 saturated heterocycles. The largest absolute Gasteiger partial charge is 0.497 e. The Hall–Kier alpha value is -3.46. The van der Waals surface area contributed by atoms with Crippen molar-refractivity contribution in [1.82, 2.24) is 14.3 Å². The van der Waals surface area contributed by atoms with Gasteiger partial charge in [-0.15, -0.1) is 0 Å². The van der Waals surface area contributed by atoms with E-state index < -0.39 is 12.0 Å². The summed E-state index contributed by atoms with van der Waals surface area (Å²) in [5.74, 6) is 0.210. The number of esters is 1. The summed E-state index contributed by atoms with van der Waals surface area (Å²) >= 11 is 1.30. The summed E-state index contributed by atoms with van der Waals surface area (Å²) in [6.07, 6.45) is 3.76. The molecule has 1 unspecified atom stereocenters. The summed E-state index contributed by atoms with van der Waals surface area (Å²) in [6.45, 7) is 8.43. The Morgan fingerprint density at radius 2 is 1.94 bits per heavy atom. The Morgan fingerprint density at radius 3 is 2.55 bits per heavy atom. The minimum absolute atomic E-state index is 0.211. The van der Waals surface area contributed by atoms with E-state index in [1.807, 2.05) is 55.1 Å². The number of nitrogens with zero attached hydrogens (tertiary/aromatic N) is 4. The first-order valence-electron chi connectivity index (χ1n) is 10.8. The van der Waals surface area contributed by atoms with Gasteiger partial charge in [0, 0.05) is 18.3 Å². The van der Waals surface area contributed by atoms with Crippen LogP contribution in [0.1, 0.15) is 43.6 Å². The number of thiazole rings is 1. The lowest BCUT2D eigenvalue weighted by molar-refractivity contribution is -0.139. The van der Waals surface area contributed by atoms with E-state index in [1.54, 1.807) is 25.5 Å². The first-order chi connectivity index (χ1) is 15.9. The molecule has 4 rings (SSSR count). The van der Waals surface area contributed by atoms with E-state index in [9.17, 15) is 9.59 Å². The van der Waals surface area contributed by atoms with Crippen LogP contribution in [-0.2, 0) is 16.1 Å². The predicted molar refractivity (Wildman–Crippen MR) is 126 cm³/mol. The second kappa shape index (κ2) is 9.19. The van der Waals surface area contributed by atoms with E-state index in [0.29, 0.717) is 26.4 Å². The average Bonchev–Trinajstić information content (AvgIpc) is 3.32. The average molecular weight is 467 g/mol. The van der Waals surface area contributed by atoms with E-state index in [1.165, 1.54) is 11.3 Å². The van der Waals surface area contributed by atoms with E-state index in [0.717, 1.165) is 23.4 Å². The molecule has 1 aliphatic heterocycles. The van der Waals surface area contributed by atoms with Crippen molar-refractivity contribution in [3.05, 3.63) is 78.2 Å². The number of fused-ring (bicyclic) bond motifs is 1. The normalized spacial score (nSPS) is 15.9. The molecule has 8 nitrogen and oxygen atoms in total. The Labute approximate surface area is 195 Å². The highest BCUT2D eigenvalue weighted by Crippen LogP contribution is 2.31. The fraction of sp³-hybridized carbons (Fsp3) is 0.333. The van der Waals surface area contributed by atoms with E-state index in [4.69, 9.17) is 9.47 Å². The van der Waals surface area contributed by atoms with Crippen molar-refractivity contribution in [3.63, 3.8) is 0 Å². The molecule has 0 bridgehead atoms. The molecule has 0 amide bonds. The zero-order valence-corrected chi connectivity index (χ0v) is 20.1. The fourth-order valence-corrected chi connectivity index (χ4v) is 4.91. The molecule has 0 fully saturated rings. The lowest BCUT2D eigenvalue weighted by Crippen LogP contribution is -2.39. The molecular formula is C24H26N4O4S. The van der Waals surface area contributed by atoms with Gasteiger partial charge in [0.15, 0.2) is 4.80 Å². The summed E-state index contributed by atoms with van der Waals surface area (Å²) in [5, 5.41) is 4.46. The number of ether oxygens (including phenoxy) is 2. The topological polar surface area (TPSA) is 87.7 Å². The molecule has 172 valence electrons. The number of allylic oxidation sites excluding steroid dienone is 1. The van der Waals surface area contributed by atoms with Gasteiger partial charge in [-0.05, 0) is 51.5 Å². The van der Waals surface area contributed by atoms with Gasteiger partial charge in [-0.2, -0.15) is 5.10 Å². The number of aromatic nitrogens is 3. The summed E-state index contributed by atoms with van der Waals surface area (Å²) in [5.41, 5.74) is 3.18. The standard InChI is InChI=1S/C24H26N4O4S/c1-6-27-13-17(14(3)26-27)12-19-22(29)28-21(16-8-10-18(31-5)11-9-16)20(23(30)32-7-2)15(4)25-24(28)33-19/h8-13,21H,6-7H2,1-5H3/b19-12+. The Bertz CT molecular complexity index is 1410. The molecule has 1 aromatic carbocycles. The zero-order chi connectivity index (χ0) is 23.7. The Morgan fingerprint density at radius 1 is 1.21 bits per heavy atom. The fourth-order valence-electron chi connectivity index (χ4n) is 3.87. The molecule has 3 aromatic rings. The maximum Gasteiger partial charge on any atom is 0.338 e. The third kappa shape index (κ3) is 4.16. The van der Waals surface area contributed by atoms with Gasteiger partial charge in [0.2, 0.25) is 0 Å². The predicted octanol–water partition coefficient (Wildman–Crippen LogP) is 2.33. The molecule has 9 heteroatoms. The molecule has 2 aromatic heterocycles. The number of rotatable bonds is 6. The second-order valence-electron chi connectivity index (χ2n) is 7.60. The molecule has 0 N–H and O–H groups in total. The summed E-state index contributed by atoms with van der Waals surface area (Å²) in [6, 6.07) is 6.69. The summed E-state index contributed by atoms with van der Waals surface area (Å²) in [7, 11) is 1.59. The second-order valence-corrected chi connectivity index (χ2v) is 8.61. The molecule has 1 atom stereocenters. The maximum absolute atomic E-state index is 13.6. The number of hydrogen-bond acceptors (Lipinski definition) is 7. The smallest absolute Gasteiger partial charge is 0.338 e. The van der Waals surface area contributed by atoms with Crippen molar-refractivity contribution in [2.75, 3.05) is 13.7 Å². The molecule has 0 radical (unpaired) electrons. The molecule has 0 saturated carbocycles. The van der Waals surface area contributed by atoms with Crippen LogP contribution >= 0.6 is 11.3 Å². The number of aryl methyl sites for hydroxylation is 2. The van der Waals surface area contributed by atoms with Crippen molar-refractivity contribution in [1.29, 1.82) is 0 Å². The van der Waals surface area contributed by atoms with Crippen molar-refractivity contribution in [2.24, 2.45) is 4.99 Å². The van der Waals surface area contributed by atoms with E-state index in [-0.39, 0.29) is 12.2 Å². The van der Waals surface area contributed by atoms with Crippen LogP contribution in [-0.4, -0.2) is 34.0 Å². The third-order valence-electron chi connectivity index (χ3n) is 5.54. The lowest BCUT2D eigenvalue weighted by atomic mass is 9.96.